The predicted octanol–water partition coefficient (Wildman–Crippen LogP) is 5.19. The Kier molecular flexibility index (Phi) is 5.36. The van der Waals surface area contributed by atoms with Gasteiger partial charge in [-0.3, -0.25) is 0 Å². The van der Waals surface area contributed by atoms with Gasteiger partial charge in [0.25, 0.3) is 0 Å². The van der Waals surface area contributed by atoms with Gasteiger partial charge in [0.1, 0.15) is 6.61 Å². The van der Waals surface area contributed by atoms with Crippen LogP contribution in [0.15, 0.2) is 71.2 Å². The van der Waals surface area contributed by atoms with Gasteiger partial charge in [0.15, 0.2) is 0 Å². The Morgan fingerprint density at radius 2 is 1.59 bits per heavy atom. The number of benzene rings is 3. The molecule has 3 aromatic rings. The van der Waals surface area contributed by atoms with Crippen LogP contribution in [-0.4, -0.2) is 23.8 Å². The molecule has 29 heavy (non-hydrogen) atoms. The van der Waals surface area contributed by atoms with E-state index >= 15 is 0 Å². The van der Waals surface area contributed by atoms with Crippen LogP contribution in [0.1, 0.15) is 33.0 Å². The fraction of sp³-hybridized carbons (Fsp3) is 0.130. The summed E-state index contributed by atoms with van der Waals surface area (Å²) in [5.74, 6) is -0.989. The predicted molar refractivity (Wildman–Crippen MR) is 113 cm³/mol. The quantitative estimate of drug-likeness (QED) is 0.559. The van der Waals surface area contributed by atoms with Crippen LogP contribution < -0.4 is 5.32 Å². The second-order valence-electron chi connectivity index (χ2n) is 6.79. The molecule has 0 aromatic heterocycles. The van der Waals surface area contributed by atoms with Gasteiger partial charge in [0, 0.05) is 16.9 Å². The van der Waals surface area contributed by atoms with Gasteiger partial charge in [0.2, 0.25) is 0 Å². The molecule has 4 rings (SSSR count). The van der Waals surface area contributed by atoms with Gasteiger partial charge in [-0.15, -0.1) is 0 Å². The maximum Gasteiger partial charge on any atom is 0.407 e. The molecule has 1 aliphatic rings. The van der Waals surface area contributed by atoms with Crippen molar-refractivity contribution in [1.82, 2.24) is 5.32 Å². The van der Waals surface area contributed by atoms with Crippen molar-refractivity contribution in [2.24, 2.45) is 0 Å². The van der Waals surface area contributed by atoms with Crippen LogP contribution >= 0.6 is 15.9 Å². The van der Waals surface area contributed by atoms with Crippen molar-refractivity contribution in [2.45, 2.75) is 12.5 Å². The summed E-state index contributed by atoms with van der Waals surface area (Å²) in [6.45, 7) is 0.482. The van der Waals surface area contributed by atoms with Crippen molar-refractivity contribution in [3.8, 4) is 11.1 Å². The molecule has 0 atom stereocenters. The van der Waals surface area contributed by atoms with E-state index in [0.717, 1.165) is 16.7 Å². The first-order valence-corrected chi connectivity index (χ1v) is 9.94. The lowest BCUT2D eigenvalue weighted by atomic mass is 9.98. The Balaban J connectivity index is 1.40. The Labute approximate surface area is 176 Å². The third kappa shape index (κ3) is 3.89. The zero-order valence-electron chi connectivity index (χ0n) is 15.4. The van der Waals surface area contributed by atoms with Crippen molar-refractivity contribution in [3.63, 3.8) is 0 Å². The molecule has 0 saturated heterocycles. The molecule has 0 aliphatic heterocycles. The van der Waals surface area contributed by atoms with Gasteiger partial charge in [-0.1, -0.05) is 70.5 Å². The maximum atomic E-state index is 12.2. The molecule has 146 valence electrons. The van der Waals surface area contributed by atoms with Gasteiger partial charge in [0.05, 0.1) is 5.56 Å². The number of carboxylic acids is 1. The molecule has 0 spiro atoms. The zero-order chi connectivity index (χ0) is 20.4. The monoisotopic (exact) mass is 451 g/mol. The van der Waals surface area contributed by atoms with E-state index in [2.05, 4.69) is 45.5 Å². The highest BCUT2D eigenvalue weighted by molar-refractivity contribution is 9.10. The highest BCUT2D eigenvalue weighted by Crippen LogP contribution is 2.44. The molecule has 2 N–H and O–H groups in total. The molecule has 0 fully saturated rings. The van der Waals surface area contributed by atoms with Crippen LogP contribution in [0, 0.1) is 0 Å². The SMILES string of the molecule is O=C(NCc1ccc(C(=O)O)cc1Br)OCC1c2ccccc2-c2ccccc21. The fourth-order valence-corrected chi connectivity index (χ4v) is 4.16. The van der Waals surface area contributed by atoms with E-state index < -0.39 is 12.1 Å². The Hall–Kier alpha value is -3.12. The van der Waals surface area contributed by atoms with Crippen LogP contribution in [0.2, 0.25) is 0 Å². The van der Waals surface area contributed by atoms with Crippen LogP contribution in [0.3, 0.4) is 0 Å². The summed E-state index contributed by atoms with van der Waals surface area (Å²) in [5.41, 5.74) is 5.63. The zero-order valence-corrected chi connectivity index (χ0v) is 17.0. The maximum absolute atomic E-state index is 12.2. The summed E-state index contributed by atoms with van der Waals surface area (Å²) >= 11 is 3.34. The van der Waals surface area contributed by atoms with Crippen molar-refractivity contribution in [2.75, 3.05) is 6.61 Å². The number of alkyl carbamates (subject to hydrolysis) is 1. The number of rotatable bonds is 5. The summed E-state index contributed by atoms with van der Waals surface area (Å²) in [5, 5.41) is 11.7. The number of aromatic carboxylic acids is 1. The second kappa shape index (κ2) is 8.09. The van der Waals surface area contributed by atoms with Gasteiger partial charge in [-0.25, -0.2) is 9.59 Å². The summed E-state index contributed by atoms with van der Waals surface area (Å²) in [4.78, 5) is 23.2. The molecule has 5 nitrogen and oxygen atoms in total. The van der Waals surface area contributed by atoms with Crippen LogP contribution in [0.25, 0.3) is 11.1 Å². The molecular weight excluding hydrogens is 434 g/mol. The molecule has 0 unspecified atom stereocenters. The first-order chi connectivity index (χ1) is 14.0. The number of fused-ring (bicyclic) bond motifs is 3. The normalized spacial score (nSPS) is 12.2. The standard InChI is InChI=1S/C23H18BrNO4/c24-21-11-14(22(26)27)9-10-15(21)12-25-23(28)29-13-20-18-7-3-1-5-16(18)17-6-2-4-8-19(17)20/h1-11,20H,12-13H2,(H,25,28)(H,26,27). The molecule has 1 aliphatic carbocycles. The molecule has 6 heteroatoms. The number of hydrogen-bond acceptors (Lipinski definition) is 3. The van der Waals surface area contributed by atoms with E-state index in [1.165, 1.54) is 23.3 Å². The van der Waals surface area contributed by atoms with E-state index in [-0.39, 0.29) is 24.6 Å². The Morgan fingerprint density at radius 3 is 2.17 bits per heavy atom. The van der Waals surface area contributed by atoms with Crippen molar-refractivity contribution < 1.29 is 19.4 Å². The molecule has 1 amide bonds. The second-order valence-corrected chi connectivity index (χ2v) is 7.64. The van der Waals surface area contributed by atoms with Crippen LogP contribution in [0.5, 0.6) is 0 Å². The average molecular weight is 452 g/mol. The number of carboxylic acid groups (broad SMARTS) is 1. The van der Waals surface area contributed by atoms with Crippen LogP contribution in [-0.2, 0) is 11.3 Å². The van der Waals surface area contributed by atoms with Crippen molar-refractivity contribution in [3.05, 3.63) is 93.5 Å². The number of amides is 1. The lowest BCUT2D eigenvalue weighted by Crippen LogP contribution is -2.25. The summed E-state index contributed by atoms with van der Waals surface area (Å²) in [7, 11) is 0. The summed E-state index contributed by atoms with van der Waals surface area (Å²) < 4.78 is 6.13. The van der Waals surface area contributed by atoms with Gasteiger partial charge in [-0.2, -0.15) is 0 Å². The lowest BCUT2D eigenvalue weighted by Gasteiger charge is -2.15. The minimum atomic E-state index is -0.998. The third-order valence-corrected chi connectivity index (χ3v) is 5.81. The number of hydrogen-bond donors (Lipinski definition) is 2. The van der Waals surface area contributed by atoms with Gasteiger partial charge < -0.3 is 15.2 Å². The topological polar surface area (TPSA) is 75.6 Å². The molecule has 0 bridgehead atoms. The Bertz CT molecular complexity index is 1050. The molecular formula is C23H18BrNO4. The molecule has 0 heterocycles. The molecule has 0 radical (unpaired) electrons. The number of halogens is 1. The lowest BCUT2D eigenvalue weighted by molar-refractivity contribution is 0.0696. The molecule has 3 aromatic carbocycles. The fourth-order valence-electron chi connectivity index (χ4n) is 3.64. The number of ether oxygens (including phenoxy) is 1. The number of carbonyl (C=O) groups is 2. The van der Waals surface area contributed by atoms with E-state index in [1.807, 2.05) is 24.3 Å². The summed E-state index contributed by atoms with van der Waals surface area (Å²) in [6.07, 6.45) is -0.513. The van der Waals surface area contributed by atoms with E-state index in [4.69, 9.17) is 9.84 Å². The summed E-state index contributed by atoms with van der Waals surface area (Å²) in [6, 6.07) is 21.0. The Morgan fingerprint density at radius 1 is 0.966 bits per heavy atom. The van der Waals surface area contributed by atoms with Gasteiger partial charge >= 0.3 is 12.1 Å². The van der Waals surface area contributed by atoms with Crippen molar-refractivity contribution in [1.29, 1.82) is 0 Å². The van der Waals surface area contributed by atoms with E-state index in [1.54, 1.807) is 6.07 Å². The van der Waals surface area contributed by atoms with E-state index in [0.29, 0.717) is 4.47 Å². The van der Waals surface area contributed by atoms with E-state index in [9.17, 15) is 9.59 Å². The van der Waals surface area contributed by atoms with Crippen LogP contribution in [0.4, 0.5) is 4.79 Å². The average Bonchev–Trinajstić information content (AvgIpc) is 3.05. The minimum Gasteiger partial charge on any atom is -0.478 e. The minimum absolute atomic E-state index is 0.00901. The first kappa shape index (κ1) is 19.2. The number of nitrogens with one attached hydrogen (secondary N) is 1. The first-order valence-electron chi connectivity index (χ1n) is 9.15. The highest BCUT2D eigenvalue weighted by atomic mass is 79.9. The highest BCUT2D eigenvalue weighted by Gasteiger charge is 2.28. The third-order valence-electron chi connectivity index (χ3n) is 5.07. The molecule has 0 saturated carbocycles. The smallest absolute Gasteiger partial charge is 0.407 e. The van der Waals surface area contributed by atoms with Gasteiger partial charge in [-0.05, 0) is 39.9 Å². The number of carbonyl (C=O) groups excluding carboxylic acids is 1. The van der Waals surface area contributed by atoms with Crippen molar-refractivity contribution >= 4 is 28.0 Å². The largest absolute Gasteiger partial charge is 0.478 e.